The highest BCUT2D eigenvalue weighted by molar-refractivity contribution is 5.87. The van der Waals surface area contributed by atoms with Gasteiger partial charge >= 0.3 is 0 Å². The summed E-state index contributed by atoms with van der Waals surface area (Å²) in [5, 5.41) is 4.36. The van der Waals surface area contributed by atoms with E-state index in [9.17, 15) is 4.79 Å². The van der Waals surface area contributed by atoms with Gasteiger partial charge in [0.1, 0.15) is 5.75 Å². The molecule has 1 amide bonds. The quantitative estimate of drug-likeness (QED) is 0.751. The van der Waals surface area contributed by atoms with E-state index in [-0.39, 0.29) is 11.8 Å². The van der Waals surface area contributed by atoms with Crippen molar-refractivity contribution >= 4 is 16.8 Å². The zero-order chi connectivity index (χ0) is 18.1. The molecule has 4 heteroatoms. The first kappa shape index (κ1) is 16.7. The molecular formula is C22H24N2O2. The van der Waals surface area contributed by atoms with Gasteiger partial charge in [0.2, 0.25) is 5.91 Å². The molecule has 0 fully saturated rings. The summed E-state index contributed by atoms with van der Waals surface area (Å²) < 4.78 is 5.36. The molecule has 1 atom stereocenters. The summed E-state index contributed by atoms with van der Waals surface area (Å²) in [6.07, 6.45) is 2.61. The molecule has 2 aromatic carbocycles. The number of H-pyrrole nitrogens is 1. The highest BCUT2D eigenvalue weighted by Crippen LogP contribution is 2.32. The van der Waals surface area contributed by atoms with Crippen molar-refractivity contribution in [2.45, 2.75) is 32.7 Å². The molecular weight excluding hydrogens is 324 g/mol. The number of rotatable bonds is 4. The van der Waals surface area contributed by atoms with Crippen molar-refractivity contribution in [1.82, 2.24) is 10.3 Å². The third kappa shape index (κ3) is 3.07. The standard InChI is InChI=1S/C22H24N2O2/c1-14-7-9-19-17(11-14)18-12-15(8-10-20(18)24-19)22(25)23-13-16-5-3-4-6-21(16)26-2/h3-7,9,11,15,24H,8,10,12-13H2,1-2H3,(H,23,25). The zero-order valence-corrected chi connectivity index (χ0v) is 15.3. The number of benzene rings is 2. The first-order valence-electron chi connectivity index (χ1n) is 9.15. The van der Waals surface area contributed by atoms with Crippen LogP contribution in [0.3, 0.4) is 0 Å². The van der Waals surface area contributed by atoms with Crippen LogP contribution in [0.25, 0.3) is 10.9 Å². The lowest BCUT2D eigenvalue weighted by atomic mass is 9.85. The van der Waals surface area contributed by atoms with Crippen molar-refractivity contribution in [3.8, 4) is 5.75 Å². The Morgan fingerprint density at radius 3 is 2.96 bits per heavy atom. The van der Waals surface area contributed by atoms with Crippen LogP contribution in [0.2, 0.25) is 0 Å². The summed E-state index contributed by atoms with van der Waals surface area (Å²) in [6.45, 7) is 2.61. The number of hydrogen-bond acceptors (Lipinski definition) is 2. The van der Waals surface area contributed by atoms with Gasteiger partial charge in [0.05, 0.1) is 7.11 Å². The van der Waals surface area contributed by atoms with E-state index in [0.29, 0.717) is 6.54 Å². The van der Waals surface area contributed by atoms with Crippen LogP contribution in [0.15, 0.2) is 42.5 Å². The number of para-hydroxylation sites is 1. The molecule has 26 heavy (non-hydrogen) atoms. The highest BCUT2D eigenvalue weighted by Gasteiger charge is 2.27. The van der Waals surface area contributed by atoms with E-state index in [4.69, 9.17) is 4.74 Å². The third-order valence-electron chi connectivity index (χ3n) is 5.36. The molecule has 4 rings (SSSR count). The number of carbonyl (C=O) groups excluding carboxylic acids is 1. The molecule has 0 aliphatic heterocycles. The number of aromatic amines is 1. The van der Waals surface area contributed by atoms with Crippen LogP contribution in [-0.4, -0.2) is 18.0 Å². The highest BCUT2D eigenvalue weighted by atomic mass is 16.5. The number of aryl methyl sites for hydroxylation is 2. The molecule has 1 heterocycles. The van der Waals surface area contributed by atoms with Crippen molar-refractivity contribution in [3.63, 3.8) is 0 Å². The summed E-state index contributed by atoms with van der Waals surface area (Å²) in [5.41, 5.74) is 6.03. The van der Waals surface area contributed by atoms with Crippen LogP contribution in [0.4, 0.5) is 0 Å². The van der Waals surface area contributed by atoms with Crippen molar-refractivity contribution in [3.05, 3.63) is 64.8 Å². The third-order valence-corrected chi connectivity index (χ3v) is 5.36. The van der Waals surface area contributed by atoms with E-state index in [0.717, 1.165) is 30.6 Å². The Morgan fingerprint density at radius 2 is 2.12 bits per heavy atom. The SMILES string of the molecule is COc1ccccc1CNC(=O)C1CCc2[nH]c3ccc(C)cc3c2C1. The monoisotopic (exact) mass is 348 g/mol. The van der Waals surface area contributed by atoms with E-state index < -0.39 is 0 Å². The van der Waals surface area contributed by atoms with Gasteiger partial charge in [-0.2, -0.15) is 0 Å². The van der Waals surface area contributed by atoms with Crippen molar-refractivity contribution in [2.24, 2.45) is 5.92 Å². The Kier molecular flexibility index (Phi) is 4.41. The first-order valence-corrected chi connectivity index (χ1v) is 9.15. The summed E-state index contributed by atoms with van der Waals surface area (Å²) in [6, 6.07) is 14.3. The fourth-order valence-electron chi connectivity index (χ4n) is 3.93. The minimum atomic E-state index is 0.0247. The van der Waals surface area contributed by atoms with Gasteiger partial charge in [-0.3, -0.25) is 4.79 Å². The number of aromatic nitrogens is 1. The van der Waals surface area contributed by atoms with E-state index in [2.05, 4.69) is 35.4 Å². The lowest BCUT2D eigenvalue weighted by Gasteiger charge is -2.22. The number of amides is 1. The van der Waals surface area contributed by atoms with Gasteiger partial charge in [-0.25, -0.2) is 0 Å². The number of ether oxygens (including phenoxy) is 1. The molecule has 1 unspecified atom stereocenters. The lowest BCUT2D eigenvalue weighted by molar-refractivity contribution is -0.125. The Labute approximate surface area is 153 Å². The van der Waals surface area contributed by atoms with E-state index in [1.54, 1.807) is 7.11 Å². The second-order valence-electron chi connectivity index (χ2n) is 7.10. The molecule has 4 nitrogen and oxygen atoms in total. The second kappa shape index (κ2) is 6.87. The van der Waals surface area contributed by atoms with Gasteiger partial charge in [0, 0.05) is 34.6 Å². The molecule has 0 saturated carbocycles. The van der Waals surface area contributed by atoms with Crippen LogP contribution in [0.1, 0.15) is 28.8 Å². The molecule has 3 aromatic rings. The van der Waals surface area contributed by atoms with Crippen molar-refractivity contribution in [2.75, 3.05) is 7.11 Å². The normalized spacial score (nSPS) is 16.3. The summed E-state index contributed by atoms with van der Waals surface area (Å²) in [4.78, 5) is 16.3. The summed E-state index contributed by atoms with van der Waals surface area (Å²) in [7, 11) is 1.66. The minimum absolute atomic E-state index is 0.0247. The largest absolute Gasteiger partial charge is 0.496 e. The molecule has 1 aromatic heterocycles. The van der Waals surface area contributed by atoms with Gasteiger partial charge in [0.15, 0.2) is 0 Å². The Morgan fingerprint density at radius 1 is 1.27 bits per heavy atom. The first-order chi connectivity index (χ1) is 12.7. The molecule has 0 bridgehead atoms. The number of fused-ring (bicyclic) bond motifs is 3. The molecule has 1 aliphatic rings. The Balaban J connectivity index is 1.49. The Hall–Kier alpha value is -2.75. The summed E-state index contributed by atoms with van der Waals surface area (Å²) >= 11 is 0. The van der Waals surface area contributed by atoms with Crippen LogP contribution in [0, 0.1) is 12.8 Å². The molecule has 0 spiro atoms. The maximum atomic E-state index is 12.7. The molecule has 0 saturated heterocycles. The molecule has 134 valence electrons. The molecule has 0 radical (unpaired) electrons. The number of methoxy groups -OCH3 is 1. The Bertz CT molecular complexity index is 958. The molecule has 1 aliphatic carbocycles. The lowest BCUT2D eigenvalue weighted by Crippen LogP contribution is -2.33. The van der Waals surface area contributed by atoms with Crippen LogP contribution in [0.5, 0.6) is 5.75 Å². The van der Waals surface area contributed by atoms with Gasteiger partial charge < -0.3 is 15.0 Å². The minimum Gasteiger partial charge on any atom is -0.496 e. The topological polar surface area (TPSA) is 54.1 Å². The zero-order valence-electron chi connectivity index (χ0n) is 15.3. The van der Waals surface area contributed by atoms with Gasteiger partial charge in [-0.15, -0.1) is 0 Å². The van der Waals surface area contributed by atoms with Gasteiger partial charge in [0.25, 0.3) is 0 Å². The predicted molar refractivity (Wildman–Crippen MR) is 103 cm³/mol. The second-order valence-corrected chi connectivity index (χ2v) is 7.10. The average Bonchev–Trinajstić information content (AvgIpc) is 3.03. The van der Waals surface area contributed by atoms with E-state index in [1.165, 1.54) is 27.7 Å². The maximum absolute atomic E-state index is 12.7. The van der Waals surface area contributed by atoms with Gasteiger partial charge in [-0.05, 0) is 49.9 Å². The van der Waals surface area contributed by atoms with Crippen LogP contribution < -0.4 is 10.1 Å². The van der Waals surface area contributed by atoms with Gasteiger partial charge in [-0.1, -0.05) is 29.8 Å². The number of carbonyl (C=O) groups is 1. The van der Waals surface area contributed by atoms with Crippen LogP contribution >= 0.6 is 0 Å². The van der Waals surface area contributed by atoms with Crippen LogP contribution in [-0.2, 0) is 24.2 Å². The average molecular weight is 348 g/mol. The van der Waals surface area contributed by atoms with E-state index >= 15 is 0 Å². The van der Waals surface area contributed by atoms with Crippen molar-refractivity contribution in [1.29, 1.82) is 0 Å². The molecule has 2 N–H and O–H groups in total. The predicted octanol–water partition coefficient (Wildman–Crippen LogP) is 3.91. The fraction of sp³-hybridized carbons (Fsp3) is 0.318. The summed E-state index contributed by atoms with van der Waals surface area (Å²) in [5.74, 6) is 0.964. The fourth-order valence-corrected chi connectivity index (χ4v) is 3.93. The van der Waals surface area contributed by atoms with E-state index in [1.807, 2.05) is 24.3 Å². The number of hydrogen-bond donors (Lipinski definition) is 2. The maximum Gasteiger partial charge on any atom is 0.223 e. The smallest absolute Gasteiger partial charge is 0.223 e. The number of nitrogens with one attached hydrogen (secondary N) is 2. The van der Waals surface area contributed by atoms with Crippen molar-refractivity contribution < 1.29 is 9.53 Å².